The Kier molecular flexibility index (Phi) is 1.57. The number of rotatable bonds is 0. The second-order valence-corrected chi connectivity index (χ2v) is 7.41. The molecule has 2 nitrogen and oxygen atoms in total. The minimum atomic E-state index is -0.826. The average Bonchev–Trinajstić information content (AvgIpc) is 1.67. The van der Waals surface area contributed by atoms with Gasteiger partial charge in [0.1, 0.15) is 0 Å². The third-order valence-corrected chi connectivity index (χ3v) is 4.68. The summed E-state index contributed by atoms with van der Waals surface area (Å²) < 4.78 is 0. The van der Waals surface area contributed by atoms with Crippen molar-refractivity contribution in [2.75, 3.05) is 0 Å². The summed E-state index contributed by atoms with van der Waals surface area (Å²) in [7, 11) is 0. The number of alkyl halides is 2. The summed E-state index contributed by atoms with van der Waals surface area (Å²) in [5.74, 6) is 0. The standard InChI is InChI=1S/C10H14Cl2O2/c11-7-1-8(12)4-9(13,2-7)6-10(14,3-7)5-8/h13-14H,1-6H2. The molecule has 0 aliphatic heterocycles. The third-order valence-electron chi connectivity index (χ3n) is 3.88. The van der Waals surface area contributed by atoms with Crippen molar-refractivity contribution >= 4 is 23.2 Å². The largest absolute Gasteiger partial charge is 0.390 e. The average molecular weight is 237 g/mol. The van der Waals surface area contributed by atoms with E-state index in [0.29, 0.717) is 38.5 Å². The molecule has 0 heterocycles. The number of aliphatic hydroxyl groups is 2. The molecule has 2 N–H and O–H groups in total. The molecule has 0 unspecified atom stereocenters. The number of hydrogen-bond acceptors (Lipinski definition) is 2. The maximum Gasteiger partial charge on any atom is 0.0708 e. The maximum absolute atomic E-state index is 10.3. The van der Waals surface area contributed by atoms with Gasteiger partial charge in [0, 0.05) is 6.42 Å². The highest BCUT2D eigenvalue weighted by molar-refractivity contribution is 6.28. The van der Waals surface area contributed by atoms with Gasteiger partial charge < -0.3 is 10.2 Å². The van der Waals surface area contributed by atoms with Crippen molar-refractivity contribution in [3.05, 3.63) is 0 Å². The van der Waals surface area contributed by atoms with Crippen molar-refractivity contribution in [3.8, 4) is 0 Å². The van der Waals surface area contributed by atoms with E-state index in [1.807, 2.05) is 0 Å². The van der Waals surface area contributed by atoms with Crippen LogP contribution in [0.1, 0.15) is 38.5 Å². The summed E-state index contributed by atoms with van der Waals surface area (Å²) >= 11 is 12.8. The third kappa shape index (κ3) is 1.24. The van der Waals surface area contributed by atoms with Gasteiger partial charge in [0.2, 0.25) is 0 Å². The van der Waals surface area contributed by atoms with E-state index in [1.54, 1.807) is 0 Å². The normalized spacial score (nSPS) is 66.0. The van der Waals surface area contributed by atoms with Gasteiger partial charge in [-0.05, 0) is 32.1 Å². The van der Waals surface area contributed by atoms with Gasteiger partial charge in [-0.3, -0.25) is 0 Å². The summed E-state index contributed by atoms with van der Waals surface area (Å²) in [6, 6.07) is 0. The van der Waals surface area contributed by atoms with Gasteiger partial charge in [0.15, 0.2) is 0 Å². The predicted octanol–water partition coefficient (Wildman–Crippen LogP) is 1.79. The fourth-order valence-electron chi connectivity index (χ4n) is 4.29. The molecular formula is C10H14Cl2O2. The first-order valence-electron chi connectivity index (χ1n) is 5.07. The number of halogens is 2. The predicted molar refractivity (Wildman–Crippen MR) is 54.8 cm³/mol. The molecule has 4 heteroatoms. The van der Waals surface area contributed by atoms with Gasteiger partial charge in [0.05, 0.1) is 21.0 Å². The Balaban J connectivity index is 2.08. The van der Waals surface area contributed by atoms with Crippen LogP contribution in [0.5, 0.6) is 0 Å². The molecule has 4 saturated carbocycles. The van der Waals surface area contributed by atoms with Crippen LogP contribution in [-0.4, -0.2) is 31.2 Å². The van der Waals surface area contributed by atoms with Crippen LogP contribution < -0.4 is 0 Å². The Morgan fingerprint density at radius 1 is 0.643 bits per heavy atom. The van der Waals surface area contributed by atoms with Crippen molar-refractivity contribution in [2.24, 2.45) is 0 Å². The molecule has 0 amide bonds. The summed E-state index contributed by atoms with van der Waals surface area (Å²) in [6.07, 6.45) is 3.49. The Morgan fingerprint density at radius 3 is 1.29 bits per heavy atom. The highest BCUT2D eigenvalue weighted by Gasteiger charge is 2.67. The van der Waals surface area contributed by atoms with Gasteiger partial charge in [-0.1, -0.05) is 0 Å². The molecule has 0 spiro atoms. The van der Waals surface area contributed by atoms with E-state index in [-0.39, 0.29) is 0 Å². The van der Waals surface area contributed by atoms with Crippen LogP contribution in [0.3, 0.4) is 0 Å². The molecule has 0 aromatic carbocycles. The SMILES string of the molecule is OC12CC3(O)CC(Cl)(C1)CC(Cl)(C2)C3. The molecule has 0 saturated heterocycles. The van der Waals surface area contributed by atoms with Crippen molar-refractivity contribution in [2.45, 2.75) is 59.5 Å². The van der Waals surface area contributed by atoms with Gasteiger partial charge >= 0.3 is 0 Å². The van der Waals surface area contributed by atoms with Crippen molar-refractivity contribution < 1.29 is 10.2 Å². The van der Waals surface area contributed by atoms with E-state index in [4.69, 9.17) is 23.2 Å². The highest BCUT2D eigenvalue weighted by atomic mass is 35.5. The lowest BCUT2D eigenvalue weighted by Crippen LogP contribution is -2.68. The van der Waals surface area contributed by atoms with Crippen LogP contribution in [0.2, 0.25) is 0 Å². The van der Waals surface area contributed by atoms with E-state index < -0.39 is 21.0 Å². The van der Waals surface area contributed by atoms with Crippen LogP contribution in [0.15, 0.2) is 0 Å². The maximum atomic E-state index is 10.3. The molecule has 0 aromatic rings. The highest BCUT2D eigenvalue weighted by Crippen LogP contribution is 2.64. The first-order valence-corrected chi connectivity index (χ1v) is 5.82. The Labute approximate surface area is 93.2 Å². The Morgan fingerprint density at radius 2 is 1.00 bits per heavy atom. The molecule has 14 heavy (non-hydrogen) atoms. The van der Waals surface area contributed by atoms with Crippen LogP contribution in [0.4, 0.5) is 0 Å². The minimum absolute atomic E-state index is 0.447. The minimum Gasteiger partial charge on any atom is -0.390 e. The molecule has 0 atom stereocenters. The molecule has 4 rings (SSSR count). The zero-order valence-electron chi connectivity index (χ0n) is 7.89. The summed E-state index contributed by atoms with van der Waals surface area (Å²) in [6.45, 7) is 0. The van der Waals surface area contributed by atoms with E-state index >= 15 is 0 Å². The molecule has 4 aliphatic rings. The van der Waals surface area contributed by atoms with Crippen molar-refractivity contribution in [3.63, 3.8) is 0 Å². The topological polar surface area (TPSA) is 40.5 Å². The Hall–Kier alpha value is 0.500. The van der Waals surface area contributed by atoms with E-state index in [2.05, 4.69) is 0 Å². The smallest absolute Gasteiger partial charge is 0.0708 e. The fourth-order valence-corrected chi connectivity index (χ4v) is 5.86. The lowest BCUT2D eigenvalue weighted by molar-refractivity contribution is -0.183. The molecule has 0 radical (unpaired) electrons. The molecule has 4 bridgehead atoms. The number of hydrogen-bond donors (Lipinski definition) is 2. The zero-order valence-corrected chi connectivity index (χ0v) is 9.40. The van der Waals surface area contributed by atoms with Gasteiger partial charge in [-0.25, -0.2) is 0 Å². The Bertz CT molecular complexity index is 209. The van der Waals surface area contributed by atoms with Gasteiger partial charge in [-0.2, -0.15) is 0 Å². The summed E-state index contributed by atoms with van der Waals surface area (Å²) in [4.78, 5) is -0.944. The van der Waals surface area contributed by atoms with Gasteiger partial charge in [0.25, 0.3) is 0 Å². The van der Waals surface area contributed by atoms with Crippen molar-refractivity contribution in [1.29, 1.82) is 0 Å². The van der Waals surface area contributed by atoms with Crippen LogP contribution in [-0.2, 0) is 0 Å². The zero-order chi connectivity index (χ0) is 10.2. The van der Waals surface area contributed by atoms with E-state index in [9.17, 15) is 10.2 Å². The van der Waals surface area contributed by atoms with E-state index in [0.717, 1.165) is 0 Å². The van der Waals surface area contributed by atoms with Crippen LogP contribution in [0.25, 0.3) is 0 Å². The molecule has 0 aromatic heterocycles. The summed E-state index contributed by atoms with van der Waals surface area (Å²) in [5.41, 5.74) is -1.65. The second kappa shape index (κ2) is 2.27. The summed E-state index contributed by atoms with van der Waals surface area (Å²) in [5, 5.41) is 20.5. The van der Waals surface area contributed by atoms with Crippen LogP contribution in [0, 0.1) is 0 Å². The van der Waals surface area contributed by atoms with Crippen LogP contribution >= 0.6 is 23.2 Å². The quantitative estimate of drug-likeness (QED) is 0.630. The molecule has 4 fully saturated rings. The molecule has 80 valence electrons. The lowest BCUT2D eigenvalue weighted by Gasteiger charge is -2.64. The molecular weight excluding hydrogens is 223 g/mol. The molecule has 4 aliphatic carbocycles. The monoisotopic (exact) mass is 236 g/mol. The lowest BCUT2D eigenvalue weighted by atomic mass is 9.51. The van der Waals surface area contributed by atoms with E-state index in [1.165, 1.54) is 0 Å². The second-order valence-electron chi connectivity index (χ2n) is 5.81. The van der Waals surface area contributed by atoms with Crippen molar-refractivity contribution in [1.82, 2.24) is 0 Å². The first kappa shape index (κ1) is 9.71. The van der Waals surface area contributed by atoms with Gasteiger partial charge in [-0.15, -0.1) is 23.2 Å². The first-order chi connectivity index (χ1) is 6.24. The fraction of sp³-hybridized carbons (Fsp3) is 1.00.